The van der Waals surface area contributed by atoms with E-state index in [-0.39, 0.29) is 6.04 Å². The molecule has 5 heteroatoms. The van der Waals surface area contributed by atoms with Gasteiger partial charge in [-0.3, -0.25) is 4.90 Å². The van der Waals surface area contributed by atoms with E-state index in [2.05, 4.69) is 24.1 Å². The number of nitrogens with zero attached hydrogens (tertiary/aromatic N) is 1. The van der Waals surface area contributed by atoms with Crippen molar-refractivity contribution >= 4 is 9.84 Å². The van der Waals surface area contributed by atoms with Crippen LogP contribution in [0, 0.1) is 0 Å². The molecule has 0 saturated carbocycles. The summed E-state index contributed by atoms with van der Waals surface area (Å²) in [7, 11) is -2.80. The van der Waals surface area contributed by atoms with Crippen LogP contribution in [0.1, 0.15) is 39.5 Å². The molecule has 0 radical (unpaired) electrons. The summed E-state index contributed by atoms with van der Waals surface area (Å²) in [5, 5.41) is 3.57. The maximum absolute atomic E-state index is 11.8. The van der Waals surface area contributed by atoms with Crippen LogP contribution in [-0.2, 0) is 9.84 Å². The molecule has 2 aliphatic rings. The Labute approximate surface area is 111 Å². The Morgan fingerprint density at radius 3 is 2.67 bits per heavy atom. The molecule has 0 amide bonds. The van der Waals surface area contributed by atoms with E-state index in [1.165, 1.54) is 0 Å². The van der Waals surface area contributed by atoms with Crippen molar-refractivity contribution in [2.45, 2.75) is 57.7 Å². The van der Waals surface area contributed by atoms with E-state index in [1.807, 2.05) is 0 Å². The van der Waals surface area contributed by atoms with Crippen LogP contribution >= 0.6 is 0 Å². The highest BCUT2D eigenvalue weighted by Gasteiger charge is 2.35. The summed E-state index contributed by atoms with van der Waals surface area (Å²) >= 11 is 0. The largest absolute Gasteiger partial charge is 0.311 e. The summed E-state index contributed by atoms with van der Waals surface area (Å²) in [5.74, 6) is 0.767. The van der Waals surface area contributed by atoms with Gasteiger partial charge in [0.1, 0.15) is 0 Å². The smallest absolute Gasteiger partial charge is 0.151 e. The molecule has 18 heavy (non-hydrogen) atoms. The van der Waals surface area contributed by atoms with Gasteiger partial charge in [-0.25, -0.2) is 8.42 Å². The summed E-state index contributed by atoms with van der Waals surface area (Å²) in [4.78, 5) is 2.47. The molecule has 1 N–H and O–H groups in total. The van der Waals surface area contributed by atoms with Gasteiger partial charge in [-0.15, -0.1) is 0 Å². The van der Waals surface area contributed by atoms with E-state index < -0.39 is 9.84 Å². The fraction of sp³-hybridized carbons (Fsp3) is 1.00. The highest BCUT2D eigenvalue weighted by Crippen LogP contribution is 2.23. The van der Waals surface area contributed by atoms with Crippen LogP contribution in [0.3, 0.4) is 0 Å². The minimum Gasteiger partial charge on any atom is -0.311 e. The third-order valence-corrected chi connectivity index (χ3v) is 6.22. The number of nitrogens with one attached hydrogen (secondary N) is 1. The van der Waals surface area contributed by atoms with Crippen molar-refractivity contribution in [3.8, 4) is 0 Å². The number of piperazine rings is 1. The van der Waals surface area contributed by atoms with Gasteiger partial charge in [-0.05, 0) is 25.7 Å². The van der Waals surface area contributed by atoms with E-state index in [0.717, 1.165) is 38.8 Å². The molecule has 2 fully saturated rings. The van der Waals surface area contributed by atoms with Crippen molar-refractivity contribution in [2.75, 3.05) is 24.6 Å². The Hall–Kier alpha value is -0.130. The van der Waals surface area contributed by atoms with Gasteiger partial charge in [-0.2, -0.15) is 0 Å². The fourth-order valence-electron chi connectivity index (χ4n) is 3.25. The first-order valence-corrected chi connectivity index (χ1v) is 9.07. The molecule has 2 rings (SSSR count). The average Bonchev–Trinajstić information content (AvgIpc) is 2.36. The van der Waals surface area contributed by atoms with Crippen LogP contribution in [-0.4, -0.2) is 56.0 Å². The van der Waals surface area contributed by atoms with E-state index in [1.54, 1.807) is 0 Å². The lowest BCUT2D eigenvalue weighted by Gasteiger charge is -2.45. The van der Waals surface area contributed by atoms with Crippen molar-refractivity contribution in [1.82, 2.24) is 10.2 Å². The van der Waals surface area contributed by atoms with E-state index in [0.29, 0.717) is 23.6 Å². The van der Waals surface area contributed by atoms with Crippen molar-refractivity contribution in [1.29, 1.82) is 0 Å². The molecule has 2 aliphatic heterocycles. The van der Waals surface area contributed by atoms with Crippen LogP contribution < -0.4 is 5.32 Å². The second-order valence-corrected chi connectivity index (χ2v) is 7.91. The van der Waals surface area contributed by atoms with E-state index in [9.17, 15) is 8.42 Å². The molecule has 4 nitrogen and oxygen atoms in total. The van der Waals surface area contributed by atoms with Gasteiger partial charge in [0.2, 0.25) is 0 Å². The summed E-state index contributed by atoms with van der Waals surface area (Å²) in [6.07, 6.45) is 4.10. The van der Waals surface area contributed by atoms with Gasteiger partial charge in [-0.1, -0.05) is 13.8 Å². The SMILES string of the molecule is CCC1CN(C2CCCS(=O)(=O)C2)C(CC)CN1. The third kappa shape index (κ3) is 3.25. The van der Waals surface area contributed by atoms with Crippen molar-refractivity contribution in [2.24, 2.45) is 0 Å². The van der Waals surface area contributed by atoms with Crippen molar-refractivity contribution in [3.05, 3.63) is 0 Å². The van der Waals surface area contributed by atoms with Crippen LogP contribution in [0.4, 0.5) is 0 Å². The zero-order valence-corrected chi connectivity index (χ0v) is 12.4. The Kier molecular flexibility index (Phi) is 4.67. The Balaban J connectivity index is 2.07. The topological polar surface area (TPSA) is 49.4 Å². The molecule has 2 saturated heterocycles. The molecule has 0 spiro atoms. The van der Waals surface area contributed by atoms with Gasteiger partial charge < -0.3 is 5.32 Å². The number of hydrogen-bond acceptors (Lipinski definition) is 4. The first-order valence-electron chi connectivity index (χ1n) is 7.25. The van der Waals surface area contributed by atoms with Crippen LogP contribution in [0.2, 0.25) is 0 Å². The summed E-state index contributed by atoms with van der Waals surface area (Å²) in [6.45, 7) is 6.41. The minimum absolute atomic E-state index is 0.254. The van der Waals surface area contributed by atoms with Gasteiger partial charge >= 0.3 is 0 Å². The molecular weight excluding hydrogens is 248 g/mol. The third-order valence-electron chi connectivity index (χ3n) is 4.41. The number of rotatable bonds is 3. The Morgan fingerprint density at radius 1 is 1.28 bits per heavy atom. The first-order chi connectivity index (χ1) is 8.55. The highest BCUT2D eigenvalue weighted by molar-refractivity contribution is 7.91. The molecule has 0 bridgehead atoms. The second-order valence-electron chi connectivity index (χ2n) is 5.68. The molecule has 0 aromatic carbocycles. The number of sulfone groups is 1. The Morgan fingerprint density at radius 2 is 2.06 bits per heavy atom. The molecule has 3 unspecified atom stereocenters. The normalized spacial score (nSPS) is 37.6. The molecule has 3 atom stereocenters. The first kappa shape index (κ1) is 14.3. The minimum atomic E-state index is -2.80. The number of hydrogen-bond donors (Lipinski definition) is 1. The summed E-state index contributed by atoms with van der Waals surface area (Å²) in [6, 6.07) is 1.29. The van der Waals surface area contributed by atoms with E-state index in [4.69, 9.17) is 0 Å². The van der Waals surface area contributed by atoms with Gasteiger partial charge in [0, 0.05) is 31.2 Å². The molecule has 0 aromatic heterocycles. The average molecular weight is 274 g/mol. The van der Waals surface area contributed by atoms with Crippen LogP contribution in [0.15, 0.2) is 0 Å². The van der Waals surface area contributed by atoms with E-state index >= 15 is 0 Å². The lowest BCUT2D eigenvalue weighted by atomic mass is 10.0. The zero-order chi connectivity index (χ0) is 13.2. The molecule has 0 aromatic rings. The Bertz CT molecular complexity index is 369. The lowest BCUT2D eigenvalue weighted by Crippen LogP contribution is -2.60. The van der Waals surface area contributed by atoms with Crippen LogP contribution in [0.25, 0.3) is 0 Å². The lowest BCUT2D eigenvalue weighted by molar-refractivity contribution is 0.0805. The molecule has 106 valence electrons. The fourth-order valence-corrected chi connectivity index (χ4v) is 4.97. The standard InChI is InChI=1S/C13H26N2O2S/c1-3-11-9-15(12(4-2)8-14-11)13-6-5-7-18(16,17)10-13/h11-14H,3-10H2,1-2H3. The van der Waals surface area contributed by atoms with Crippen LogP contribution in [0.5, 0.6) is 0 Å². The summed E-state index contributed by atoms with van der Waals surface area (Å²) in [5.41, 5.74) is 0. The van der Waals surface area contributed by atoms with Gasteiger partial charge in [0.05, 0.1) is 11.5 Å². The van der Waals surface area contributed by atoms with Crippen molar-refractivity contribution in [3.63, 3.8) is 0 Å². The second kappa shape index (κ2) is 5.88. The van der Waals surface area contributed by atoms with Gasteiger partial charge in [0.15, 0.2) is 9.84 Å². The molecule has 0 aliphatic carbocycles. The maximum atomic E-state index is 11.8. The monoisotopic (exact) mass is 274 g/mol. The highest BCUT2D eigenvalue weighted by atomic mass is 32.2. The predicted molar refractivity (Wildman–Crippen MR) is 74.5 cm³/mol. The zero-order valence-electron chi connectivity index (χ0n) is 11.6. The molecule has 2 heterocycles. The quantitative estimate of drug-likeness (QED) is 0.835. The molecular formula is C13H26N2O2S. The maximum Gasteiger partial charge on any atom is 0.151 e. The summed E-state index contributed by atoms with van der Waals surface area (Å²) < 4.78 is 23.6. The van der Waals surface area contributed by atoms with Crippen molar-refractivity contribution < 1.29 is 8.42 Å². The van der Waals surface area contributed by atoms with Gasteiger partial charge in [0.25, 0.3) is 0 Å². The predicted octanol–water partition coefficient (Wildman–Crippen LogP) is 1.03.